The van der Waals surface area contributed by atoms with E-state index in [9.17, 15) is 9.59 Å². The highest BCUT2D eigenvalue weighted by molar-refractivity contribution is 5.93. The molecular weight excluding hydrogens is 272 g/mol. The second-order valence-corrected chi connectivity index (χ2v) is 4.36. The number of rotatable bonds is 6. The third kappa shape index (κ3) is 4.07. The standard InChI is InChI=1S/C14H16N4O3/c1-2-10-7-12(18-17-10)16-13(19)8-21-11-5-3-9(4-6-11)14(15)20/h3-7H,2,8H2,1H3,(H2,15,20)(H2,16,17,18,19). The molecule has 0 fully saturated rings. The quantitative estimate of drug-likeness (QED) is 0.738. The molecular formula is C14H16N4O3. The highest BCUT2D eigenvalue weighted by Gasteiger charge is 2.07. The van der Waals surface area contributed by atoms with Gasteiger partial charge in [0, 0.05) is 17.3 Å². The van der Waals surface area contributed by atoms with Crippen molar-refractivity contribution in [3.8, 4) is 5.75 Å². The van der Waals surface area contributed by atoms with Gasteiger partial charge in [-0.15, -0.1) is 0 Å². The summed E-state index contributed by atoms with van der Waals surface area (Å²) in [6.07, 6.45) is 0.811. The van der Waals surface area contributed by atoms with Crippen molar-refractivity contribution in [1.29, 1.82) is 0 Å². The number of hydrogen-bond acceptors (Lipinski definition) is 4. The van der Waals surface area contributed by atoms with Crippen LogP contribution in [0.3, 0.4) is 0 Å². The van der Waals surface area contributed by atoms with E-state index in [4.69, 9.17) is 10.5 Å². The number of aromatic amines is 1. The molecule has 1 heterocycles. The Morgan fingerprint density at radius 3 is 2.62 bits per heavy atom. The average molecular weight is 288 g/mol. The van der Waals surface area contributed by atoms with Gasteiger partial charge in [-0.05, 0) is 30.7 Å². The van der Waals surface area contributed by atoms with Gasteiger partial charge in [0.05, 0.1) is 0 Å². The molecule has 7 nitrogen and oxygen atoms in total. The van der Waals surface area contributed by atoms with Gasteiger partial charge in [0.2, 0.25) is 5.91 Å². The molecule has 1 aromatic carbocycles. The number of nitrogens with two attached hydrogens (primary N) is 1. The van der Waals surface area contributed by atoms with Crippen molar-refractivity contribution in [2.45, 2.75) is 13.3 Å². The van der Waals surface area contributed by atoms with E-state index in [1.54, 1.807) is 18.2 Å². The molecule has 110 valence electrons. The van der Waals surface area contributed by atoms with E-state index in [0.29, 0.717) is 17.1 Å². The minimum absolute atomic E-state index is 0.149. The Balaban J connectivity index is 1.84. The maximum atomic E-state index is 11.7. The fourth-order valence-corrected chi connectivity index (χ4v) is 1.65. The van der Waals surface area contributed by atoms with Gasteiger partial charge in [-0.1, -0.05) is 6.92 Å². The van der Waals surface area contributed by atoms with Crippen LogP contribution in [0.4, 0.5) is 5.82 Å². The molecule has 1 aromatic heterocycles. The van der Waals surface area contributed by atoms with Crippen LogP contribution in [0.5, 0.6) is 5.75 Å². The van der Waals surface area contributed by atoms with Crippen LogP contribution in [0.1, 0.15) is 23.0 Å². The minimum atomic E-state index is -0.510. The molecule has 0 spiro atoms. The number of nitrogens with one attached hydrogen (secondary N) is 2. The van der Waals surface area contributed by atoms with Crippen LogP contribution in [-0.2, 0) is 11.2 Å². The molecule has 0 aliphatic heterocycles. The van der Waals surface area contributed by atoms with E-state index >= 15 is 0 Å². The molecule has 4 N–H and O–H groups in total. The molecule has 0 unspecified atom stereocenters. The van der Waals surface area contributed by atoms with Gasteiger partial charge < -0.3 is 15.8 Å². The number of hydrogen-bond donors (Lipinski definition) is 3. The fraction of sp³-hybridized carbons (Fsp3) is 0.214. The molecule has 0 radical (unpaired) electrons. The zero-order valence-corrected chi connectivity index (χ0v) is 11.6. The normalized spacial score (nSPS) is 10.1. The lowest BCUT2D eigenvalue weighted by molar-refractivity contribution is -0.118. The van der Waals surface area contributed by atoms with Crippen molar-refractivity contribution in [2.75, 3.05) is 11.9 Å². The molecule has 0 aliphatic carbocycles. The number of ether oxygens (including phenoxy) is 1. The minimum Gasteiger partial charge on any atom is -0.484 e. The van der Waals surface area contributed by atoms with Crippen molar-refractivity contribution < 1.29 is 14.3 Å². The highest BCUT2D eigenvalue weighted by atomic mass is 16.5. The topological polar surface area (TPSA) is 110 Å². The summed E-state index contributed by atoms with van der Waals surface area (Å²) < 4.78 is 5.31. The summed E-state index contributed by atoms with van der Waals surface area (Å²) in [5.41, 5.74) is 6.45. The van der Waals surface area contributed by atoms with E-state index in [2.05, 4.69) is 15.5 Å². The predicted molar refractivity (Wildman–Crippen MR) is 77.1 cm³/mol. The summed E-state index contributed by atoms with van der Waals surface area (Å²) >= 11 is 0. The van der Waals surface area contributed by atoms with E-state index in [0.717, 1.165) is 12.1 Å². The van der Waals surface area contributed by atoms with Gasteiger partial charge in [0.15, 0.2) is 12.4 Å². The Morgan fingerprint density at radius 2 is 2.05 bits per heavy atom. The highest BCUT2D eigenvalue weighted by Crippen LogP contribution is 2.12. The summed E-state index contributed by atoms with van der Waals surface area (Å²) in [6.45, 7) is 1.84. The van der Waals surface area contributed by atoms with Crippen molar-refractivity contribution >= 4 is 17.6 Å². The fourth-order valence-electron chi connectivity index (χ4n) is 1.65. The maximum absolute atomic E-state index is 11.7. The SMILES string of the molecule is CCc1cc(NC(=O)COc2ccc(C(N)=O)cc2)n[nH]1. The van der Waals surface area contributed by atoms with Gasteiger partial charge in [-0.2, -0.15) is 5.10 Å². The van der Waals surface area contributed by atoms with Crippen molar-refractivity contribution in [2.24, 2.45) is 5.73 Å². The Bertz CT molecular complexity index is 634. The largest absolute Gasteiger partial charge is 0.484 e. The second-order valence-electron chi connectivity index (χ2n) is 4.36. The zero-order valence-electron chi connectivity index (χ0n) is 11.6. The second kappa shape index (κ2) is 6.56. The first-order chi connectivity index (χ1) is 10.1. The first-order valence-corrected chi connectivity index (χ1v) is 6.45. The molecule has 2 rings (SSSR count). The number of nitrogens with zero attached hydrogens (tertiary/aromatic N) is 1. The number of H-pyrrole nitrogens is 1. The Hall–Kier alpha value is -2.83. The smallest absolute Gasteiger partial charge is 0.263 e. The number of anilines is 1. The Labute approximate surface area is 121 Å². The number of aromatic nitrogens is 2. The van der Waals surface area contributed by atoms with Crippen LogP contribution in [0, 0.1) is 0 Å². The first kappa shape index (κ1) is 14.6. The third-order valence-electron chi connectivity index (χ3n) is 2.79. The summed E-state index contributed by atoms with van der Waals surface area (Å²) in [6, 6.07) is 8.00. The molecule has 0 saturated carbocycles. The molecule has 2 aromatic rings. The molecule has 0 bridgehead atoms. The summed E-state index contributed by atoms with van der Waals surface area (Å²) in [7, 11) is 0. The van der Waals surface area contributed by atoms with Crippen LogP contribution in [0.2, 0.25) is 0 Å². The molecule has 2 amide bonds. The number of carbonyl (C=O) groups excluding carboxylic acids is 2. The number of amides is 2. The predicted octanol–water partition coefficient (Wildman–Crippen LogP) is 1.09. The third-order valence-corrected chi connectivity index (χ3v) is 2.79. The Kier molecular flexibility index (Phi) is 4.55. The molecule has 21 heavy (non-hydrogen) atoms. The number of carbonyl (C=O) groups is 2. The summed E-state index contributed by atoms with van der Waals surface area (Å²) in [5.74, 6) is 0.114. The van der Waals surface area contributed by atoms with E-state index in [1.165, 1.54) is 12.1 Å². The summed E-state index contributed by atoms with van der Waals surface area (Å²) in [5, 5.41) is 9.37. The van der Waals surface area contributed by atoms with E-state index < -0.39 is 5.91 Å². The summed E-state index contributed by atoms with van der Waals surface area (Å²) in [4.78, 5) is 22.6. The molecule has 0 atom stereocenters. The molecule has 0 aliphatic rings. The van der Waals surface area contributed by atoms with Crippen LogP contribution in [-0.4, -0.2) is 28.6 Å². The van der Waals surface area contributed by atoms with Gasteiger partial charge in [0.1, 0.15) is 5.75 Å². The van der Waals surface area contributed by atoms with Crippen LogP contribution < -0.4 is 15.8 Å². The monoisotopic (exact) mass is 288 g/mol. The lowest BCUT2D eigenvalue weighted by Gasteiger charge is -2.06. The van der Waals surface area contributed by atoms with Crippen LogP contribution in [0.15, 0.2) is 30.3 Å². The molecule has 7 heteroatoms. The molecule has 0 saturated heterocycles. The average Bonchev–Trinajstić information content (AvgIpc) is 2.93. The van der Waals surface area contributed by atoms with Gasteiger partial charge in [-0.25, -0.2) is 0 Å². The van der Waals surface area contributed by atoms with Crippen molar-refractivity contribution in [3.05, 3.63) is 41.6 Å². The first-order valence-electron chi connectivity index (χ1n) is 6.45. The van der Waals surface area contributed by atoms with E-state index in [1.807, 2.05) is 6.92 Å². The van der Waals surface area contributed by atoms with E-state index in [-0.39, 0.29) is 12.5 Å². The Morgan fingerprint density at radius 1 is 1.33 bits per heavy atom. The zero-order chi connectivity index (χ0) is 15.2. The van der Waals surface area contributed by atoms with Crippen molar-refractivity contribution in [1.82, 2.24) is 10.2 Å². The number of benzene rings is 1. The van der Waals surface area contributed by atoms with Crippen LogP contribution >= 0.6 is 0 Å². The number of primary amides is 1. The van der Waals surface area contributed by atoms with Crippen LogP contribution in [0.25, 0.3) is 0 Å². The van der Waals surface area contributed by atoms with Crippen molar-refractivity contribution in [3.63, 3.8) is 0 Å². The van der Waals surface area contributed by atoms with Gasteiger partial charge >= 0.3 is 0 Å². The lowest BCUT2D eigenvalue weighted by Crippen LogP contribution is -2.20. The van der Waals surface area contributed by atoms with Gasteiger partial charge in [0.25, 0.3) is 5.91 Å². The maximum Gasteiger partial charge on any atom is 0.263 e. The lowest BCUT2D eigenvalue weighted by atomic mass is 10.2. The van der Waals surface area contributed by atoms with Gasteiger partial charge in [-0.3, -0.25) is 14.7 Å². The number of aryl methyl sites for hydroxylation is 1.